The summed E-state index contributed by atoms with van der Waals surface area (Å²) >= 11 is 1.29. The van der Waals surface area contributed by atoms with Gasteiger partial charge in [-0.05, 0) is 37.1 Å². The van der Waals surface area contributed by atoms with Crippen molar-refractivity contribution < 1.29 is 14.7 Å². The summed E-state index contributed by atoms with van der Waals surface area (Å²) < 4.78 is 0. The summed E-state index contributed by atoms with van der Waals surface area (Å²) in [5, 5.41) is 14.1. The lowest BCUT2D eigenvalue weighted by atomic mass is 9.88. The molecule has 1 fully saturated rings. The van der Waals surface area contributed by atoms with Gasteiger partial charge in [0.15, 0.2) is 5.69 Å². The third kappa shape index (κ3) is 3.76. The predicted molar refractivity (Wildman–Crippen MR) is 89.7 cm³/mol. The largest absolute Gasteiger partial charge is 0.476 e. The van der Waals surface area contributed by atoms with Crippen LogP contribution in [-0.2, 0) is 4.79 Å². The van der Waals surface area contributed by atoms with Crippen molar-refractivity contribution in [3.63, 3.8) is 0 Å². The molecule has 0 radical (unpaired) electrons. The third-order valence-corrected chi connectivity index (χ3v) is 4.99. The Labute approximate surface area is 138 Å². The summed E-state index contributed by atoms with van der Waals surface area (Å²) in [7, 11) is 0. The minimum absolute atomic E-state index is 0.0553. The Morgan fingerprint density at radius 3 is 2.43 bits per heavy atom. The van der Waals surface area contributed by atoms with Crippen molar-refractivity contribution in [3.05, 3.63) is 35.3 Å². The van der Waals surface area contributed by atoms with E-state index in [9.17, 15) is 9.59 Å². The Hall–Kier alpha value is -2.21. The molecule has 0 unspecified atom stereocenters. The number of carboxylic acids is 1. The van der Waals surface area contributed by atoms with Gasteiger partial charge in [0, 0.05) is 22.5 Å². The van der Waals surface area contributed by atoms with Crippen LogP contribution in [0, 0.1) is 5.92 Å². The second kappa shape index (κ2) is 6.91. The van der Waals surface area contributed by atoms with Crippen molar-refractivity contribution in [2.24, 2.45) is 5.92 Å². The van der Waals surface area contributed by atoms with E-state index in [-0.39, 0.29) is 17.5 Å². The molecule has 0 saturated heterocycles. The van der Waals surface area contributed by atoms with Gasteiger partial charge in [0.1, 0.15) is 5.01 Å². The Kier molecular flexibility index (Phi) is 4.71. The lowest BCUT2D eigenvalue weighted by Gasteiger charge is -2.20. The number of hydrogen-bond donors (Lipinski definition) is 2. The Balaban J connectivity index is 1.66. The number of carbonyl (C=O) groups is 2. The maximum atomic E-state index is 12.2. The highest BCUT2D eigenvalue weighted by molar-refractivity contribution is 7.13. The molecule has 120 valence electrons. The normalized spacial score (nSPS) is 15.3. The van der Waals surface area contributed by atoms with Crippen LogP contribution < -0.4 is 5.32 Å². The van der Waals surface area contributed by atoms with Gasteiger partial charge in [0.2, 0.25) is 5.91 Å². The molecule has 1 aromatic heterocycles. The quantitative estimate of drug-likeness (QED) is 0.887. The third-order valence-electron chi connectivity index (χ3n) is 4.10. The van der Waals surface area contributed by atoms with Crippen molar-refractivity contribution in [1.82, 2.24) is 4.98 Å². The standard InChI is InChI=1S/C17H18N2O3S/c20-15(11-4-2-1-3-5-11)18-13-8-6-12(7-9-13)16-19-14(10-23-16)17(21)22/h6-11H,1-5H2,(H,18,20)(H,21,22). The first kappa shape index (κ1) is 15.7. The number of nitrogens with one attached hydrogen (secondary N) is 1. The molecular formula is C17H18N2O3S. The van der Waals surface area contributed by atoms with Crippen LogP contribution in [0.3, 0.4) is 0 Å². The molecule has 6 heteroatoms. The summed E-state index contributed by atoms with van der Waals surface area (Å²) in [4.78, 5) is 27.2. The number of rotatable bonds is 4. The van der Waals surface area contributed by atoms with Crippen LogP contribution in [0.1, 0.15) is 42.6 Å². The minimum atomic E-state index is -1.02. The smallest absolute Gasteiger partial charge is 0.355 e. The van der Waals surface area contributed by atoms with Crippen LogP contribution in [0.25, 0.3) is 10.6 Å². The lowest BCUT2D eigenvalue weighted by molar-refractivity contribution is -0.120. The first-order chi connectivity index (χ1) is 11.1. The topological polar surface area (TPSA) is 79.3 Å². The molecule has 1 heterocycles. The van der Waals surface area contributed by atoms with E-state index in [1.807, 2.05) is 24.3 Å². The van der Waals surface area contributed by atoms with E-state index in [0.717, 1.165) is 36.9 Å². The Morgan fingerprint density at radius 1 is 1.13 bits per heavy atom. The molecule has 1 aromatic carbocycles. The molecule has 1 aliphatic rings. The first-order valence-corrected chi connectivity index (χ1v) is 8.61. The average molecular weight is 330 g/mol. The zero-order valence-electron chi connectivity index (χ0n) is 12.6. The molecule has 5 nitrogen and oxygen atoms in total. The number of carboxylic acid groups (broad SMARTS) is 1. The molecule has 23 heavy (non-hydrogen) atoms. The lowest BCUT2D eigenvalue weighted by Crippen LogP contribution is -2.24. The number of anilines is 1. The van der Waals surface area contributed by atoms with Gasteiger partial charge >= 0.3 is 5.97 Å². The van der Waals surface area contributed by atoms with Crippen LogP contribution in [0.4, 0.5) is 5.69 Å². The van der Waals surface area contributed by atoms with Crippen LogP contribution >= 0.6 is 11.3 Å². The number of amides is 1. The fourth-order valence-corrected chi connectivity index (χ4v) is 3.61. The molecule has 0 atom stereocenters. The van der Waals surface area contributed by atoms with E-state index < -0.39 is 5.97 Å². The summed E-state index contributed by atoms with van der Waals surface area (Å²) in [6, 6.07) is 7.36. The molecule has 1 aliphatic carbocycles. The van der Waals surface area contributed by atoms with E-state index in [0.29, 0.717) is 5.01 Å². The fraction of sp³-hybridized carbons (Fsp3) is 0.353. The van der Waals surface area contributed by atoms with Crippen LogP contribution in [0.2, 0.25) is 0 Å². The highest BCUT2D eigenvalue weighted by atomic mass is 32.1. The average Bonchev–Trinajstić information content (AvgIpc) is 3.07. The maximum absolute atomic E-state index is 12.2. The zero-order chi connectivity index (χ0) is 16.2. The number of aromatic carboxylic acids is 1. The maximum Gasteiger partial charge on any atom is 0.355 e. The van der Waals surface area contributed by atoms with Crippen molar-refractivity contribution in [1.29, 1.82) is 0 Å². The second-order valence-electron chi connectivity index (χ2n) is 5.74. The minimum Gasteiger partial charge on any atom is -0.476 e. The Morgan fingerprint density at radius 2 is 1.83 bits per heavy atom. The molecule has 0 bridgehead atoms. The number of nitrogens with zero attached hydrogens (tertiary/aromatic N) is 1. The van der Waals surface area contributed by atoms with E-state index in [2.05, 4.69) is 10.3 Å². The van der Waals surface area contributed by atoms with Gasteiger partial charge in [0.25, 0.3) is 0 Å². The summed E-state index contributed by atoms with van der Waals surface area (Å²) in [6.45, 7) is 0. The number of benzene rings is 1. The van der Waals surface area contributed by atoms with E-state index in [1.54, 1.807) is 0 Å². The van der Waals surface area contributed by atoms with Crippen LogP contribution in [0.15, 0.2) is 29.6 Å². The van der Waals surface area contributed by atoms with Crippen molar-refractivity contribution >= 4 is 28.9 Å². The van der Waals surface area contributed by atoms with E-state index in [4.69, 9.17) is 5.11 Å². The van der Waals surface area contributed by atoms with Crippen molar-refractivity contribution in [2.45, 2.75) is 32.1 Å². The van der Waals surface area contributed by atoms with Gasteiger partial charge in [-0.2, -0.15) is 0 Å². The first-order valence-electron chi connectivity index (χ1n) is 7.73. The predicted octanol–water partition coefficient (Wildman–Crippen LogP) is 4.03. The number of thiazole rings is 1. The summed E-state index contributed by atoms with van der Waals surface area (Å²) in [5.41, 5.74) is 1.66. The van der Waals surface area contributed by atoms with Gasteiger partial charge in [-0.1, -0.05) is 19.3 Å². The van der Waals surface area contributed by atoms with Crippen LogP contribution in [-0.4, -0.2) is 22.0 Å². The van der Waals surface area contributed by atoms with Gasteiger partial charge in [-0.25, -0.2) is 9.78 Å². The van der Waals surface area contributed by atoms with Gasteiger partial charge in [-0.15, -0.1) is 11.3 Å². The monoisotopic (exact) mass is 330 g/mol. The van der Waals surface area contributed by atoms with Gasteiger partial charge in [0.05, 0.1) is 0 Å². The highest BCUT2D eigenvalue weighted by Gasteiger charge is 2.21. The van der Waals surface area contributed by atoms with Gasteiger partial charge in [-0.3, -0.25) is 4.79 Å². The molecule has 2 aromatic rings. The van der Waals surface area contributed by atoms with Crippen LogP contribution in [0.5, 0.6) is 0 Å². The van der Waals surface area contributed by atoms with Crippen molar-refractivity contribution in [2.75, 3.05) is 5.32 Å². The summed E-state index contributed by atoms with van der Waals surface area (Å²) in [6.07, 6.45) is 5.44. The van der Waals surface area contributed by atoms with E-state index in [1.165, 1.54) is 23.1 Å². The highest BCUT2D eigenvalue weighted by Crippen LogP contribution is 2.27. The molecular weight excluding hydrogens is 312 g/mol. The number of hydrogen-bond acceptors (Lipinski definition) is 4. The van der Waals surface area contributed by atoms with Gasteiger partial charge < -0.3 is 10.4 Å². The molecule has 2 N–H and O–H groups in total. The van der Waals surface area contributed by atoms with E-state index >= 15 is 0 Å². The Bertz CT molecular complexity index is 703. The summed E-state index contributed by atoms with van der Waals surface area (Å²) in [5.74, 6) is -0.802. The number of aromatic nitrogens is 1. The SMILES string of the molecule is O=C(O)c1csc(-c2ccc(NC(=O)C3CCCCC3)cc2)n1. The fourth-order valence-electron chi connectivity index (χ4n) is 2.81. The molecule has 0 aliphatic heterocycles. The van der Waals surface area contributed by atoms with Crippen molar-refractivity contribution in [3.8, 4) is 10.6 Å². The molecule has 1 saturated carbocycles. The molecule has 3 rings (SSSR count). The molecule has 1 amide bonds. The zero-order valence-corrected chi connectivity index (χ0v) is 13.4. The number of carbonyl (C=O) groups excluding carboxylic acids is 1. The second-order valence-corrected chi connectivity index (χ2v) is 6.60. The molecule has 0 spiro atoms.